The molecule has 172 valence electrons. The van der Waals surface area contributed by atoms with Gasteiger partial charge in [-0.05, 0) is 49.2 Å². The molecule has 0 spiro atoms. The summed E-state index contributed by atoms with van der Waals surface area (Å²) in [4.78, 5) is 15.1. The van der Waals surface area contributed by atoms with Gasteiger partial charge < -0.3 is 14.4 Å². The van der Waals surface area contributed by atoms with Crippen LogP contribution in [0, 0.1) is 13.8 Å². The molecular weight excluding hydrogens is 428 g/mol. The Morgan fingerprint density at radius 3 is 2.34 bits per heavy atom. The molecule has 4 rings (SSSR count). The van der Waals surface area contributed by atoms with Gasteiger partial charge in [0.1, 0.15) is 11.9 Å². The van der Waals surface area contributed by atoms with Crippen molar-refractivity contribution in [1.29, 1.82) is 0 Å². The van der Waals surface area contributed by atoms with Crippen LogP contribution in [-0.2, 0) is 14.8 Å². The number of amides is 1. The molecule has 0 unspecified atom stereocenters. The summed E-state index contributed by atoms with van der Waals surface area (Å²) in [7, 11) is -3.75. The minimum atomic E-state index is -3.75. The van der Waals surface area contributed by atoms with Gasteiger partial charge in [0, 0.05) is 39.0 Å². The van der Waals surface area contributed by atoms with Crippen LogP contribution in [0.25, 0.3) is 0 Å². The summed E-state index contributed by atoms with van der Waals surface area (Å²) in [6.45, 7) is 6.51. The van der Waals surface area contributed by atoms with E-state index in [0.29, 0.717) is 52.2 Å². The lowest BCUT2D eigenvalue weighted by Crippen LogP contribution is -2.43. The van der Waals surface area contributed by atoms with Crippen LogP contribution >= 0.6 is 0 Å². The highest BCUT2D eigenvalue weighted by molar-refractivity contribution is 7.89. The van der Waals surface area contributed by atoms with E-state index in [9.17, 15) is 13.2 Å². The molecule has 0 bridgehead atoms. The van der Waals surface area contributed by atoms with Crippen LogP contribution in [-0.4, -0.2) is 69.0 Å². The van der Waals surface area contributed by atoms with Crippen molar-refractivity contribution >= 4 is 15.9 Å². The zero-order chi connectivity index (χ0) is 22.7. The highest BCUT2D eigenvalue weighted by atomic mass is 32.2. The number of aryl methyl sites for hydroxylation is 2. The lowest BCUT2D eigenvalue weighted by atomic mass is 10.1. The van der Waals surface area contributed by atoms with Gasteiger partial charge in [-0.15, -0.1) is 0 Å². The van der Waals surface area contributed by atoms with Crippen LogP contribution in [0.3, 0.4) is 0 Å². The van der Waals surface area contributed by atoms with Crippen molar-refractivity contribution in [3.63, 3.8) is 0 Å². The zero-order valence-electron chi connectivity index (χ0n) is 18.6. The monoisotopic (exact) mass is 458 g/mol. The van der Waals surface area contributed by atoms with Crippen molar-refractivity contribution in [2.24, 2.45) is 0 Å². The summed E-state index contributed by atoms with van der Waals surface area (Å²) in [5.74, 6) is 0.599. The highest BCUT2D eigenvalue weighted by Crippen LogP contribution is 2.26. The van der Waals surface area contributed by atoms with Gasteiger partial charge in [-0.25, -0.2) is 8.42 Å². The van der Waals surface area contributed by atoms with Crippen molar-refractivity contribution < 1.29 is 22.7 Å². The second kappa shape index (κ2) is 9.60. The van der Waals surface area contributed by atoms with E-state index >= 15 is 0 Å². The summed E-state index contributed by atoms with van der Waals surface area (Å²) < 4.78 is 39.2. The number of ether oxygens (including phenoxy) is 2. The van der Waals surface area contributed by atoms with Gasteiger partial charge in [0.2, 0.25) is 10.0 Å². The third kappa shape index (κ3) is 4.82. The predicted molar refractivity (Wildman–Crippen MR) is 121 cm³/mol. The number of piperidine rings is 1. The third-order valence-corrected chi connectivity index (χ3v) is 8.17. The maximum absolute atomic E-state index is 13.3. The van der Waals surface area contributed by atoms with Crippen LogP contribution in [0.15, 0.2) is 47.4 Å². The standard InChI is InChI=1S/C24H30N2O5S/c1-18-7-8-21(17-19(18)2)31-20-9-11-25(12-10-20)24(27)22-5-3-4-6-23(22)32(28,29)26-13-15-30-16-14-26/h3-8,17,20H,9-16H2,1-2H3. The van der Waals surface area contributed by atoms with Gasteiger partial charge in [0.05, 0.1) is 23.7 Å². The molecule has 2 aromatic carbocycles. The number of sulfonamides is 1. The second-order valence-corrected chi connectivity index (χ2v) is 10.3. The van der Waals surface area contributed by atoms with Gasteiger partial charge in [-0.2, -0.15) is 4.31 Å². The van der Waals surface area contributed by atoms with E-state index in [1.165, 1.54) is 21.5 Å². The SMILES string of the molecule is Cc1ccc(OC2CCN(C(=O)c3ccccc3S(=O)(=O)N3CCOCC3)CC2)cc1C. The van der Waals surface area contributed by atoms with E-state index in [0.717, 1.165) is 5.75 Å². The summed E-state index contributed by atoms with van der Waals surface area (Å²) in [5, 5.41) is 0. The number of rotatable bonds is 5. The lowest BCUT2D eigenvalue weighted by molar-refractivity contribution is 0.0591. The van der Waals surface area contributed by atoms with E-state index in [2.05, 4.69) is 19.9 Å². The van der Waals surface area contributed by atoms with E-state index in [1.807, 2.05) is 12.1 Å². The Kier molecular flexibility index (Phi) is 6.83. The second-order valence-electron chi connectivity index (χ2n) is 8.37. The van der Waals surface area contributed by atoms with Crippen LogP contribution in [0.4, 0.5) is 0 Å². The fourth-order valence-electron chi connectivity index (χ4n) is 4.12. The number of hydrogen-bond donors (Lipinski definition) is 0. The van der Waals surface area contributed by atoms with Gasteiger partial charge >= 0.3 is 0 Å². The minimum absolute atomic E-state index is 0.0356. The molecule has 0 radical (unpaired) electrons. The smallest absolute Gasteiger partial charge is 0.255 e. The molecule has 0 N–H and O–H groups in total. The molecule has 1 amide bonds. The largest absolute Gasteiger partial charge is 0.490 e. The summed E-state index contributed by atoms with van der Waals surface area (Å²) in [6.07, 6.45) is 1.45. The van der Waals surface area contributed by atoms with E-state index in [1.54, 1.807) is 23.1 Å². The fourth-order valence-corrected chi connectivity index (χ4v) is 5.71. The minimum Gasteiger partial charge on any atom is -0.490 e. The van der Waals surface area contributed by atoms with Gasteiger partial charge in [-0.1, -0.05) is 18.2 Å². The predicted octanol–water partition coefficient (Wildman–Crippen LogP) is 3.01. The maximum Gasteiger partial charge on any atom is 0.255 e. The molecule has 8 heteroatoms. The average molecular weight is 459 g/mol. The first-order valence-corrected chi connectivity index (χ1v) is 12.5. The average Bonchev–Trinajstić information content (AvgIpc) is 2.82. The molecule has 2 aliphatic rings. The molecule has 2 aromatic rings. The molecular formula is C24H30N2O5S. The van der Waals surface area contributed by atoms with Gasteiger partial charge in [-0.3, -0.25) is 4.79 Å². The van der Waals surface area contributed by atoms with Crippen LogP contribution in [0.1, 0.15) is 34.3 Å². The third-order valence-electron chi connectivity index (χ3n) is 6.22. The van der Waals surface area contributed by atoms with E-state index in [-0.39, 0.29) is 22.5 Å². The summed E-state index contributed by atoms with van der Waals surface area (Å²) in [5.41, 5.74) is 2.64. The van der Waals surface area contributed by atoms with Crippen molar-refractivity contribution in [2.75, 3.05) is 39.4 Å². The van der Waals surface area contributed by atoms with Crippen molar-refractivity contribution in [2.45, 2.75) is 37.7 Å². The number of carbonyl (C=O) groups is 1. The topological polar surface area (TPSA) is 76.2 Å². The van der Waals surface area contributed by atoms with Gasteiger partial charge in [0.15, 0.2) is 0 Å². The number of morpholine rings is 1. The van der Waals surface area contributed by atoms with Gasteiger partial charge in [0.25, 0.3) is 5.91 Å². The first kappa shape index (κ1) is 22.8. The molecule has 0 saturated carbocycles. The summed E-state index contributed by atoms with van der Waals surface area (Å²) >= 11 is 0. The molecule has 2 saturated heterocycles. The Bertz CT molecular complexity index is 1070. The highest BCUT2D eigenvalue weighted by Gasteiger charge is 2.32. The number of likely N-dealkylation sites (tertiary alicyclic amines) is 1. The van der Waals surface area contributed by atoms with Crippen LogP contribution in [0.5, 0.6) is 5.75 Å². The molecule has 7 nitrogen and oxygen atoms in total. The van der Waals surface area contributed by atoms with Crippen molar-refractivity contribution in [3.8, 4) is 5.75 Å². The first-order valence-electron chi connectivity index (χ1n) is 11.1. The van der Waals surface area contributed by atoms with E-state index in [4.69, 9.17) is 9.47 Å². The molecule has 2 aliphatic heterocycles. The lowest BCUT2D eigenvalue weighted by Gasteiger charge is -2.33. The molecule has 2 fully saturated rings. The Hall–Kier alpha value is -2.42. The number of benzene rings is 2. The van der Waals surface area contributed by atoms with Crippen LogP contribution < -0.4 is 4.74 Å². The quantitative estimate of drug-likeness (QED) is 0.689. The Labute approximate surface area is 190 Å². The Morgan fingerprint density at radius 1 is 0.969 bits per heavy atom. The van der Waals surface area contributed by atoms with Crippen LogP contribution in [0.2, 0.25) is 0 Å². The summed E-state index contributed by atoms with van der Waals surface area (Å²) in [6, 6.07) is 12.6. The Morgan fingerprint density at radius 2 is 1.66 bits per heavy atom. The number of hydrogen-bond acceptors (Lipinski definition) is 5. The normalized spacial score (nSPS) is 18.5. The Balaban J connectivity index is 1.44. The van der Waals surface area contributed by atoms with E-state index < -0.39 is 10.0 Å². The molecule has 0 atom stereocenters. The fraction of sp³-hybridized carbons (Fsp3) is 0.458. The molecule has 2 heterocycles. The first-order chi connectivity index (χ1) is 15.4. The number of nitrogens with zero attached hydrogens (tertiary/aromatic N) is 2. The van der Waals surface area contributed by atoms with Crippen molar-refractivity contribution in [3.05, 3.63) is 59.2 Å². The number of carbonyl (C=O) groups excluding carboxylic acids is 1. The maximum atomic E-state index is 13.3. The molecule has 0 aromatic heterocycles. The zero-order valence-corrected chi connectivity index (χ0v) is 19.4. The van der Waals surface area contributed by atoms with Crippen molar-refractivity contribution in [1.82, 2.24) is 9.21 Å². The molecule has 32 heavy (non-hydrogen) atoms. The molecule has 0 aliphatic carbocycles.